The van der Waals surface area contributed by atoms with Crippen molar-refractivity contribution in [2.24, 2.45) is 0 Å². The average molecular weight is 807 g/mol. The second-order valence-corrected chi connectivity index (χ2v) is 15.4. The van der Waals surface area contributed by atoms with Crippen molar-refractivity contribution in [2.75, 3.05) is 13.2 Å². The Morgan fingerprint density at radius 1 is 0.379 bits per heavy atom. The molecule has 6 heteroatoms. The van der Waals surface area contributed by atoms with Crippen molar-refractivity contribution in [3.63, 3.8) is 0 Å². The van der Waals surface area contributed by atoms with Gasteiger partial charge in [0, 0.05) is 19.3 Å². The Labute approximate surface area is 356 Å². The minimum absolute atomic E-state index is 0.0998. The maximum atomic E-state index is 12.7. The molecule has 0 aliphatic heterocycles. The SMILES string of the molecule is CC/C=C\C/C=C\CCCCC(=O)OCC(COC(=O)CCCCCCC\C=C/C=C\C=C/C=C\C=C/CCC)OC(=O)CCCCCCCCCCCCCCC. The van der Waals surface area contributed by atoms with Crippen LogP contribution in [0.15, 0.2) is 85.1 Å². The molecule has 58 heavy (non-hydrogen) atoms. The van der Waals surface area contributed by atoms with Crippen molar-refractivity contribution in [1.82, 2.24) is 0 Å². The number of rotatable bonds is 41. The number of carbonyl (C=O) groups is 3. The molecule has 0 N–H and O–H groups in total. The normalized spacial score (nSPS) is 12.8. The third kappa shape index (κ3) is 43.7. The molecule has 0 aliphatic rings. The summed E-state index contributed by atoms with van der Waals surface area (Å²) in [5.74, 6) is -0.964. The molecule has 0 aromatic rings. The van der Waals surface area contributed by atoms with Crippen molar-refractivity contribution in [3.05, 3.63) is 85.1 Å². The quantitative estimate of drug-likeness (QED) is 0.0201. The first-order valence-electron chi connectivity index (χ1n) is 23.7. The zero-order chi connectivity index (χ0) is 42.3. The van der Waals surface area contributed by atoms with Gasteiger partial charge in [0.05, 0.1) is 0 Å². The highest BCUT2D eigenvalue weighted by molar-refractivity contribution is 5.71. The number of carbonyl (C=O) groups excluding carboxylic acids is 3. The molecular formula is C52H86O6. The van der Waals surface area contributed by atoms with Gasteiger partial charge in [0.15, 0.2) is 6.10 Å². The summed E-state index contributed by atoms with van der Waals surface area (Å²) in [6.45, 7) is 6.36. The number of ether oxygens (including phenoxy) is 3. The molecule has 0 radical (unpaired) electrons. The monoisotopic (exact) mass is 807 g/mol. The molecule has 0 amide bonds. The van der Waals surface area contributed by atoms with Gasteiger partial charge >= 0.3 is 17.9 Å². The number of allylic oxidation sites excluding steroid dienone is 14. The van der Waals surface area contributed by atoms with Crippen LogP contribution in [-0.2, 0) is 28.6 Å². The Balaban J connectivity index is 4.42. The molecule has 0 heterocycles. The van der Waals surface area contributed by atoms with Crippen molar-refractivity contribution in [3.8, 4) is 0 Å². The van der Waals surface area contributed by atoms with Crippen LogP contribution in [0.1, 0.15) is 207 Å². The minimum Gasteiger partial charge on any atom is -0.462 e. The molecule has 0 saturated carbocycles. The van der Waals surface area contributed by atoms with Crippen molar-refractivity contribution >= 4 is 17.9 Å². The van der Waals surface area contributed by atoms with Gasteiger partial charge in [0.1, 0.15) is 13.2 Å². The molecule has 0 spiro atoms. The zero-order valence-electron chi connectivity index (χ0n) is 37.5. The predicted molar refractivity (Wildman–Crippen MR) is 247 cm³/mol. The highest BCUT2D eigenvalue weighted by Gasteiger charge is 2.19. The highest BCUT2D eigenvalue weighted by atomic mass is 16.6. The van der Waals surface area contributed by atoms with Crippen molar-refractivity contribution in [2.45, 2.75) is 213 Å². The van der Waals surface area contributed by atoms with Gasteiger partial charge in [-0.2, -0.15) is 0 Å². The van der Waals surface area contributed by atoms with Crippen LogP contribution in [0.3, 0.4) is 0 Å². The molecule has 330 valence electrons. The van der Waals surface area contributed by atoms with Crippen LogP contribution in [0.25, 0.3) is 0 Å². The van der Waals surface area contributed by atoms with E-state index < -0.39 is 6.10 Å². The lowest BCUT2D eigenvalue weighted by molar-refractivity contribution is -0.167. The number of hydrogen-bond acceptors (Lipinski definition) is 6. The van der Waals surface area contributed by atoms with Gasteiger partial charge < -0.3 is 14.2 Å². The van der Waals surface area contributed by atoms with E-state index in [9.17, 15) is 14.4 Å². The molecule has 1 atom stereocenters. The lowest BCUT2D eigenvalue weighted by atomic mass is 10.0. The van der Waals surface area contributed by atoms with E-state index in [1.807, 2.05) is 36.5 Å². The van der Waals surface area contributed by atoms with E-state index in [0.717, 1.165) is 96.3 Å². The summed E-state index contributed by atoms with van der Waals surface area (Å²) in [6, 6.07) is 0. The van der Waals surface area contributed by atoms with Crippen LogP contribution in [0, 0.1) is 0 Å². The lowest BCUT2D eigenvalue weighted by Crippen LogP contribution is -2.30. The Morgan fingerprint density at radius 2 is 0.776 bits per heavy atom. The molecular weight excluding hydrogens is 721 g/mol. The molecule has 6 nitrogen and oxygen atoms in total. The molecule has 0 aliphatic carbocycles. The lowest BCUT2D eigenvalue weighted by Gasteiger charge is -2.18. The summed E-state index contributed by atoms with van der Waals surface area (Å²) < 4.78 is 16.7. The number of unbranched alkanes of at least 4 members (excludes halogenated alkanes) is 20. The molecule has 0 bridgehead atoms. The van der Waals surface area contributed by atoms with Crippen LogP contribution in [0.5, 0.6) is 0 Å². The van der Waals surface area contributed by atoms with Crippen molar-refractivity contribution in [1.29, 1.82) is 0 Å². The van der Waals surface area contributed by atoms with Gasteiger partial charge in [0.25, 0.3) is 0 Å². The van der Waals surface area contributed by atoms with Gasteiger partial charge in [-0.05, 0) is 64.2 Å². The van der Waals surface area contributed by atoms with E-state index in [1.165, 1.54) is 70.6 Å². The van der Waals surface area contributed by atoms with E-state index in [4.69, 9.17) is 14.2 Å². The fourth-order valence-corrected chi connectivity index (χ4v) is 6.21. The molecule has 0 fully saturated rings. The summed E-state index contributed by atoms with van der Waals surface area (Å²) in [7, 11) is 0. The first kappa shape index (κ1) is 54.6. The van der Waals surface area contributed by atoms with Crippen LogP contribution >= 0.6 is 0 Å². The van der Waals surface area contributed by atoms with Crippen LogP contribution in [-0.4, -0.2) is 37.2 Å². The Hall–Kier alpha value is -3.41. The largest absolute Gasteiger partial charge is 0.462 e. The molecule has 0 rings (SSSR count). The molecule has 0 aromatic heterocycles. The summed E-state index contributed by atoms with van der Waals surface area (Å²) in [6.07, 6.45) is 58.5. The Bertz CT molecular complexity index is 1160. The molecule has 1 unspecified atom stereocenters. The maximum absolute atomic E-state index is 12.7. The Morgan fingerprint density at radius 3 is 1.29 bits per heavy atom. The number of hydrogen-bond donors (Lipinski definition) is 0. The van der Waals surface area contributed by atoms with Crippen molar-refractivity contribution < 1.29 is 28.6 Å². The minimum atomic E-state index is -0.796. The molecule has 0 aromatic carbocycles. The predicted octanol–water partition coefficient (Wildman–Crippen LogP) is 15.3. The fourth-order valence-electron chi connectivity index (χ4n) is 6.21. The molecule has 0 saturated heterocycles. The topological polar surface area (TPSA) is 78.9 Å². The van der Waals surface area contributed by atoms with E-state index in [0.29, 0.717) is 19.3 Å². The van der Waals surface area contributed by atoms with Crippen LogP contribution in [0.4, 0.5) is 0 Å². The summed E-state index contributed by atoms with van der Waals surface area (Å²) in [4.78, 5) is 37.7. The Kier molecular flexibility index (Phi) is 43.6. The first-order valence-corrected chi connectivity index (χ1v) is 23.7. The van der Waals surface area contributed by atoms with Gasteiger partial charge in [-0.25, -0.2) is 0 Å². The standard InChI is InChI=1S/C52H86O6/c1-4-7-10-13-16-19-21-23-24-25-26-27-29-30-33-36-39-42-45-51(54)57-48-49(47-56-50(53)44-41-38-35-32-18-15-12-9-6-3)58-52(55)46-43-40-37-34-31-28-22-20-17-14-11-8-5-2/h9-10,12-13,16,18-19,21,23-27,32,49H,4-8,11,14-15,17,20,22,28-31,33-48H2,1-3H3/b12-9-,13-10-,19-16-,23-21-,25-24-,27-26-,32-18-. The van der Waals surface area contributed by atoms with Gasteiger partial charge in [0.2, 0.25) is 0 Å². The van der Waals surface area contributed by atoms with Gasteiger partial charge in [-0.3, -0.25) is 14.4 Å². The second-order valence-electron chi connectivity index (χ2n) is 15.4. The van der Waals surface area contributed by atoms with E-state index >= 15 is 0 Å². The van der Waals surface area contributed by atoms with Gasteiger partial charge in [-0.15, -0.1) is 0 Å². The fraction of sp³-hybridized carbons (Fsp3) is 0.673. The van der Waals surface area contributed by atoms with Crippen LogP contribution in [0.2, 0.25) is 0 Å². The first-order chi connectivity index (χ1) is 28.5. The van der Waals surface area contributed by atoms with Gasteiger partial charge in [-0.1, -0.05) is 209 Å². The average Bonchev–Trinajstić information content (AvgIpc) is 3.22. The summed E-state index contributed by atoms with van der Waals surface area (Å²) in [5, 5.41) is 0. The third-order valence-corrected chi connectivity index (χ3v) is 9.74. The highest BCUT2D eigenvalue weighted by Crippen LogP contribution is 2.14. The second kappa shape index (κ2) is 46.3. The number of esters is 3. The summed E-state index contributed by atoms with van der Waals surface area (Å²) >= 11 is 0. The van der Waals surface area contributed by atoms with Crippen LogP contribution < -0.4 is 0 Å². The third-order valence-electron chi connectivity index (χ3n) is 9.74. The van der Waals surface area contributed by atoms with E-state index in [2.05, 4.69) is 69.4 Å². The zero-order valence-corrected chi connectivity index (χ0v) is 37.5. The maximum Gasteiger partial charge on any atom is 0.306 e. The van der Waals surface area contributed by atoms with E-state index in [-0.39, 0.29) is 31.1 Å². The summed E-state index contributed by atoms with van der Waals surface area (Å²) in [5.41, 5.74) is 0. The van der Waals surface area contributed by atoms with E-state index in [1.54, 1.807) is 0 Å². The smallest absolute Gasteiger partial charge is 0.306 e.